The number of aryl methyl sites for hydroxylation is 1. The van der Waals surface area contributed by atoms with Crippen LogP contribution in [0.25, 0.3) is 0 Å². The Labute approximate surface area is 111 Å². The van der Waals surface area contributed by atoms with Crippen LogP contribution in [0, 0.1) is 24.2 Å². The first kappa shape index (κ1) is 15.3. The van der Waals surface area contributed by atoms with E-state index in [0.717, 1.165) is 11.8 Å². The summed E-state index contributed by atoms with van der Waals surface area (Å²) >= 11 is 1.05. The van der Waals surface area contributed by atoms with Crippen molar-refractivity contribution in [3.8, 4) is 6.19 Å². The molecule has 1 aromatic rings. The zero-order chi connectivity index (χ0) is 14.6. The smallest absolute Gasteiger partial charge is 0.271 e. The lowest BCUT2D eigenvalue weighted by molar-refractivity contribution is -0.140. The third-order valence-corrected chi connectivity index (χ3v) is 2.71. The van der Waals surface area contributed by atoms with Gasteiger partial charge in [0, 0.05) is 0 Å². The van der Waals surface area contributed by atoms with Crippen molar-refractivity contribution in [2.45, 2.75) is 13.1 Å². The molecule has 0 amide bonds. The fourth-order valence-electron chi connectivity index (χ4n) is 1.31. The first-order valence-electron chi connectivity index (χ1n) is 4.94. The molecule has 0 atom stereocenters. The number of benzene rings is 1. The van der Waals surface area contributed by atoms with E-state index in [0.29, 0.717) is 6.07 Å². The Balaban J connectivity index is 3.33. The van der Waals surface area contributed by atoms with Gasteiger partial charge in [-0.25, -0.2) is 9.38 Å². The molecule has 0 bridgehead atoms. The number of aliphatic imine (C=N–C) groups is 1. The maximum Gasteiger partial charge on any atom is 0.419 e. The van der Waals surface area contributed by atoms with Gasteiger partial charge in [0.05, 0.1) is 11.3 Å². The average molecular weight is 291 g/mol. The molecule has 0 aliphatic rings. The molecule has 3 nitrogen and oxygen atoms in total. The third kappa shape index (κ3) is 3.86. The largest absolute Gasteiger partial charge is 0.419 e. The van der Waals surface area contributed by atoms with Gasteiger partial charge in [-0.05, 0) is 30.9 Å². The molecule has 8 heteroatoms. The highest BCUT2D eigenvalue weighted by molar-refractivity contribution is 8.13. The van der Waals surface area contributed by atoms with E-state index in [1.165, 1.54) is 13.0 Å². The van der Waals surface area contributed by atoms with Crippen molar-refractivity contribution < 1.29 is 17.6 Å². The van der Waals surface area contributed by atoms with Crippen molar-refractivity contribution in [3.05, 3.63) is 29.1 Å². The Hall–Kier alpha value is -1.75. The second-order valence-electron chi connectivity index (χ2n) is 3.48. The molecule has 0 aliphatic carbocycles. The predicted molar refractivity (Wildman–Crippen MR) is 65.5 cm³/mol. The zero-order valence-corrected chi connectivity index (χ0v) is 10.8. The van der Waals surface area contributed by atoms with Crippen LogP contribution < -0.4 is 5.32 Å². The summed E-state index contributed by atoms with van der Waals surface area (Å²) in [7, 11) is 0. The van der Waals surface area contributed by atoms with Gasteiger partial charge >= 0.3 is 6.18 Å². The molecule has 19 heavy (non-hydrogen) atoms. The number of alkyl halides is 3. The molecule has 0 saturated carbocycles. The second-order valence-corrected chi connectivity index (χ2v) is 4.27. The Kier molecular flexibility index (Phi) is 4.78. The van der Waals surface area contributed by atoms with Gasteiger partial charge in [-0.3, -0.25) is 5.32 Å². The third-order valence-electron chi connectivity index (χ3n) is 2.13. The monoisotopic (exact) mass is 291 g/mol. The molecule has 0 unspecified atom stereocenters. The molecule has 0 aromatic heterocycles. The van der Waals surface area contributed by atoms with Crippen LogP contribution in [-0.4, -0.2) is 11.4 Å². The first-order valence-corrected chi connectivity index (χ1v) is 6.17. The molecule has 0 heterocycles. The van der Waals surface area contributed by atoms with Crippen molar-refractivity contribution in [1.82, 2.24) is 5.32 Å². The fourth-order valence-corrected chi connectivity index (χ4v) is 1.66. The molecule has 1 N–H and O–H groups in total. The molecule has 0 aliphatic heterocycles. The number of nitrogens with one attached hydrogen (secondary N) is 1. The Morgan fingerprint density at radius 2 is 2.05 bits per heavy atom. The number of amidine groups is 1. The SMILES string of the molecule is CSC(=Nc1cc(C)c(F)c(C(F)(F)F)c1)NC#N. The van der Waals surface area contributed by atoms with Crippen LogP contribution in [0.3, 0.4) is 0 Å². The maximum absolute atomic E-state index is 13.4. The van der Waals surface area contributed by atoms with E-state index < -0.39 is 17.6 Å². The summed E-state index contributed by atoms with van der Waals surface area (Å²) in [6.45, 7) is 1.22. The zero-order valence-electron chi connectivity index (χ0n) is 9.97. The van der Waals surface area contributed by atoms with Crippen LogP contribution in [-0.2, 0) is 6.18 Å². The van der Waals surface area contributed by atoms with E-state index in [4.69, 9.17) is 5.26 Å². The van der Waals surface area contributed by atoms with Gasteiger partial charge in [-0.2, -0.15) is 18.4 Å². The van der Waals surface area contributed by atoms with Gasteiger partial charge in [0.25, 0.3) is 0 Å². The molecule has 1 aromatic carbocycles. The minimum absolute atomic E-state index is 0.0710. The molecule has 1 rings (SSSR count). The number of hydrogen-bond donors (Lipinski definition) is 1. The van der Waals surface area contributed by atoms with Gasteiger partial charge in [-0.15, -0.1) is 0 Å². The molecule has 102 valence electrons. The van der Waals surface area contributed by atoms with Crippen LogP contribution in [0.5, 0.6) is 0 Å². The number of halogens is 4. The summed E-state index contributed by atoms with van der Waals surface area (Å²) < 4.78 is 51.2. The summed E-state index contributed by atoms with van der Waals surface area (Å²) in [5, 5.41) is 10.8. The average Bonchev–Trinajstić information content (AvgIpc) is 2.31. The van der Waals surface area contributed by atoms with Crippen LogP contribution in [0.2, 0.25) is 0 Å². The molecule has 0 saturated heterocycles. The molecule has 0 fully saturated rings. The first-order chi connectivity index (χ1) is 8.79. The Bertz CT molecular complexity index is 546. The topological polar surface area (TPSA) is 48.2 Å². The van der Waals surface area contributed by atoms with Gasteiger partial charge in [0.2, 0.25) is 0 Å². The van der Waals surface area contributed by atoms with Gasteiger partial charge in [0.1, 0.15) is 5.82 Å². The highest BCUT2D eigenvalue weighted by atomic mass is 32.2. The summed E-state index contributed by atoms with van der Waals surface area (Å²) in [5.41, 5.74) is -1.60. The summed E-state index contributed by atoms with van der Waals surface area (Å²) in [6.07, 6.45) is -1.58. The highest BCUT2D eigenvalue weighted by Crippen LogP contribution is 2.35. The van der Waals surface area contributed by atoms with Crippen molar-refractivity contribution >= 4 is 22.6 Å². The maximum atomic E-state index is 13.4. The summed E-state index contributed by atoms with van der Waals surface area (Å²) in [5.74, 6) is -1.31. The standard InChI is InChI=1S/C11H9F4N3S/c1-6-3-7(18-10(19-2)17-5-16)4-8(9(6)12)11(13,14)15/h3-4H,1-2H3,(H,17,18). The Morgan fingerprint density at radius 1 is 1.42 bits per heavy atom. The van der Waals surface area contributed by atoms with Crippen molar-refractivity contribution in [2.75, 3.05) is 6.26 Å². The normalized spacial score (nSPS) is 12.2. The molecular weight excluding hydrogens is 282 g/mol. The fraction of sp³-hybridized carbons (Fsp3) is 0.273. The minimum atomic E-state index is -4.79. The lowest BCUT2D eigenvalue weighted by Gasteiger charge is -2.11. The molecule has 0 radical (unpaired) electrons. The highest BCUT2D eigenvalue weighted by Gasteiger charge is 2.35. The van der Waals surface area contributed by atoms with E-state index in [1.54, 1.807) is 12.4 Å². The van der Waals surface area contributed by atoms with Crippen LogP contribution in [0.4, 0.5) is 23.2 Å². The lowest BCUT2D eigenvalue weighted by Crippen LogP contribution is -2.13. The number of hydrogen-bond acceptors (Lipinski definition) is 3. The van der Waals surface area contributed by atoms with Crippen LogP contribution in [0.15, 0.2) is 17.1 Å². The Morgan fingerprint density at radius 3 is 2.53 bits per heavy atom. The van der Waals surface area contributed by atoms with E-state index in [1.807, 2.05) is 0 Å². The van der Waals surface area contributed by atoms with Crippen molar-refractivity contribution in [1.29, 1.82) is 5.26 Å². The van der Waals surface area contributed by atoms with Gasteiger partial charge < -0.3 is 0 Å². The molecule has 0 spiro atoms. The van der Waals surface area contributed by atoms with E-state index >= 15 is 0 Å². The van der Waals surface area contributed by atoms with Gasteiger partial charge in [-0.1, -0.05) is 11.8 Å². The van der Waals surface area contributed by atoms with E-state index in [9.17, 15) is 17.6 Å². The number of rotatable bonds is 1. The molecular formula is C11H9F4N3S. The van der Waals surface area contributed by atoms with Crippen molar-refractivity contribution in [2.24, 2.45) is 4.99 Å². The quantitative estimate of drug-likeness (QED) is 0.283. The van der Waals surface area contributed by atoms with Crippen LogP contribution >= 0.6 is 11.8 Å². The second kappa shape index (κ2) is 5.93. The summed E-state index contributed by atoms with van der Waals surface area (Å²) in [6, 6.07) is 1.79. The van der Waals surface area contributed by atoms with E-state index in [2.05, 4.69) is 10.3 Å². The van der Waals surface area contributed by atoms with E-state index in [-0.39, 0.29) is 16.4 Å². The van der Waals surface area contributed by atoms with Crippen LogP contribution in [0.1, 0.15) is 11.1 Å². The lowest BCUT2D eigenvalue weighted by atomic mass is 10.1. The predicted octanol–water partition coefficient (Wildman–Crippen LogP) is 3.57. The number of nitrogens with zero attached hydrogens (tertiary/aromatic N) is 2. The van der Waals surface area contributed by atoms with Crippen molar-refractivity contribution in [3.63, 3.8) is 0 Å². The summed E-state index contributed by atoms with van der Waals surface area (Å²) in [4.78, 5) is 3.82. The van der Waals surface area contributed by atoms with Gasteiger partial charge in [0.15, 0.2) is 11.4 Å². The number of nitriles is 1. The minimum Gasteiger partial charge on any atom is -0.271 e. The number of thioether (sulfide) groups is 1.